The third-order valence-corrected chi connectivity index (χ3v) is 6.94. The zero-order valence-electron chi connectivity index (χ0n) is 16.9. The van der Waals surface area contributed by atoms with E-state index in [2.05, 4.69) is 13.8 Å². The van der Waals surface area contributed by atoms with Crippen molar-refractivity contribution in [2.45, 2.75) is 62.5 Å². The highest BCUT2D eigenvalue weighted by Crippen LogP contribution is 2.29. The van der Waals surface area contributed by atoms with Crippen molar-refractivity contribution >= 4 is 33.0 Å². The number of rotatable bonds is 12. The molecule has 0 bridgehead atoms. The minimum atomic E-state index is -3.72. The molecule has 0 aliphatic carbocycles. The van der Waals surface area contributed by atoms with Crippen molar-refractivity contribution < 1.29 is 17.9 Å². The first-order chi connectivity index (χ1) is 13.9. The molecule has 0 spiro atoms. The predicted octanol–water partition coefficient (Wildman–Crippen LogP) is 6.46. The Morgan fingerprint density at radius 2 is 1.17 bits per heavy atom. The molecular formula is C22H28Cl2O4S. The van der Waals surface area contributed by atoms with Crippen molar-refractivity contribution in [2.24, 2.45) is 0 Å². The maximum Gasteiger partial charge on any atom is 0.206 e. The lowest BCUT2D eigenvalue weighted by molar-refractivity contribution is 0.118. The molecule has 0 fully saturated rings. The van der Waals surface area contributed by atoms with Crippen molar-refractivity contribution in [3.05, 3.63) is 57.6 Å². The van der Waals surface area contributed by atoms with Gasteiger partial charge in [0.1, 0.15) is 0 Å². The summed E-state index contributed by atoms with van der Waals surface area (Å²) in [7, 11) is -3.72. The first-order valence-electron chi connectivity index (χ1n) is 9.87. The van der Waals surface area contributed by atoms with Crippen molar-refractivity contribution in [3.63, 3.8) is 0 Å². The lowest BCUT2D eigenvalue weighted by Crippen LogP contribution is -2.05. The molecule has 29 heavy (non-hydrogen) atoms. The maximum absolute atomic E-state index is 13.1. The second-order valence-corrected chi connectivity index (χ2v) is 9.59. The first kappa shape index (κ1) is 24.2. The van der Waals surface area contributed by atoms with E-state index >= 15 is 0 Å². The molecule has 0 unspecified atom stereocenters. The zero-order chi connectivity index (χ0) is 21.3. The highest BCUT2D eigenvalue weighted by Gasteiger charge is 2.20. The number of hydrogen-bond donors (Lipinski definition) is 0. The van der Waals surface area contributed by atoms with Gasteiger partial charge in [-0.2, -0.15) is 0 Å². The third-order valence-electron chi connectivity index (χ3n) is 4.45. The molecule has 0 saturated carbocycles. The van der Waals surface area contributed by atoms with Gasteiger partial charge in [-0.15, -0.1) is 0 Å². The van der Waals surface area contributed by atoms with Crippen LogP contribution in [0.5, 0.6) is 0 Å². The van der Waals surface area contributed by atoms with E-state index in [0.29, 0.717) is 34.4 Å². The quantitative estimate of drug-likeness (QED) is 0.342. The van der Waals surface area contributed by atoms with Gasteiger partial charge in [0.25, 0.3) is 0 Å². The highest BCUT2D eigenvalue weighted by atomic mass is 35.5. The van der Waals surface area contributed by atoms with Crippen LogP contribution in [0.2, 0.25) is 10.0 Å². The fourth-order valence-electron chi connectivity index (χ4n) is 2.65. The van der Waals surface area contributed by atoms with E-state index in [9.17, 15) is 8.42 Å². The van der Waals surface area contributed by atoms with E-state index in [0.717, 1.165) is 25.7 Å². The molecule has 2 aromatic rings. The van der Waals surface area contributed by atoms with Crippen LogP contribution in [0, 0.1) is 0 Å². The topological polar surface area (TPSA) is 52.6 Å². The van der Waals surface area contributed by atoms with Crippen LogP contribution in [0.15, 0.2) is 46.2 Å². The minimum absolute atomic E-state index is 0.177. The Balaban J connectivity index is 2.23. The summed E-state index contributed by atoms with van der Waals surface area (Å²) in [6, 6.07) is 9.37. The summed E-state index contributed by atoms with van der Waals surface area (Å²) in [6.45, 7) is 5.95. The fraction of sp³-hybridized carbons (Fsp3) is 0.455. The summed E-state index contributed by atoms with van der Waals surface area (Å²) < 4.78 is 37.5. The Labute approximate surface area is 184 Å². The monoisotopic (exact) mass is 458 g/mol. The Bertz CT molecular complexity index is 830. The number of benzene rings is 2. The molecule has 0 radical (unpaired) electrons. The number of ether oxygens (including phenoxy) is 2. The van der Waals surface area contributed by atoms with E-state index < -0.39 is 9.84 Å². The van der Waals surface area contributed by atoms with Crippen molar-refractivity contribution in [2.75, 3.05) is 13.2 Å². The van der Waals surface area contributed by atoms with Gasteiger partial charge in [-0.1, -0.05) is 49.9 Å². The molecular weight excluding hydrogens is 431 g/mol. The predicted molar refractivity (Wildman–Crippen MR) is 117 cm³/mol. The van der Waals surface area contributed by atoms with Gasteiger partial charge in [0, 0.05) is 23.3 Å². The van der Waals surface area contributed by atoms with Gasteiger partial charge in [0.15, 0.2) is 0 Å². The molecule has 0 saturated heterocycles. The molecule has 2 rings (SSSR count). The number of sulfone groups is 1. The largest absolute Gasteiger partial charge is 0.377 e. The first-order valence-corrected chi connectivity index (χ1v) is 12.1. The van der Waals surface area contributed by atoms with Gasteiger partial charge >= 0.3 is 0 Å². The maximum atomic E-state index is 13.1. The number of hydrogen-bond acceptors (Lipinski definition) is 4. The van der Waals surface area contributed by atoms with E-state index in [-0.39, 0.29) is 23.0 Å². The lowest BCUT2D eigenvalue weighted by atomic mass is 10.2. The molecule has 0 heterocycles. The van der Waals surface area contributed by atoms with Crippen LogP contribution in [-0.4, -0.2) is 21.6 Å². The SMILES string of the molecule is CCCCOCc1cc(S(=O)(=O)c2ccc(Cl)c(COCCCC)c2)ccc1Cl. The van der Waals surface area contributed by atoms with E-state index in [1.807, 2.05) is 0 Å². The summed E-state index contributed by atoms with van der Waals surface area (Å²) >= 11 is 12.5. The summed E-state index contributed by atoms with van der Waals surface area (Å²) in [5, 5.41) is 0.975. The number of unbranched alkanes of at least 4 members (excludes halogenated alkanes) is 2. The second kappa shape index (κ2) is 11.9. The molecule has 4 nitrogen and oxygen atoms in total. The third kappa shape index (κ3) is 6.97. The molecule has 0 aliphatic rings. The van der Waals surface area contributed by atoms with Gasteiger partial charge in [-0.25, -0.2) is 8.42 Å². The Hall–Kier alpha value is -1.11. The van der Waals surface area contributed by atoms with Crippen LogP contribution >= 0.6 is 23.2 Å². The average Bonchev–Trinajstić information content (AvgIpc) is 2.70. The van der Waals surface area contributed by atoms with Gasteiger partial charge in [-0.3, -0.25) is 0 Å². The molecule has 0 N–H and O–H groups in total. The summed E-state index contributed by atoms with van der Waals surface area (Å²) in [5.41, 5.74) is 1.31. The van der Waals surface area contributed by atoms with Crippen molar-refractivity contribution in [1.82, 2.24) is 0 Å². The van der Waals surface area contributed by atoms with E-state index in [1.165, 1.54) is 12.1 Å². The van der Waals surface area contributed by atoms with Crippen LogP contribution in [-0.2, 0) is 32.5 Å². The van der Waals surface area contributed by atoms with Crippen LogP contribution in [0.3, 0.4) is 0 Å². The average molecular weight is 459 g/mol. The highest BCUT2D eigenvalue weighted by molar-refractivity contribution is 7.91. The van der Waals surface area contributed by atoms with Crippen LogP contribution in [0.1, 0.15) is 50.7 Å². The smallest absolute Gasteiger partial charge is 0.206 e. The minimum Gasteiger partial charge on any atom is -0.377 e. The van der Waals surface area contributed by atoms with Gasteiger partial charge in [-0.05, 0) is 60.4 Å². The molecule has 0 aliphatic heterocycles. The van der Waals surface area contributed by atoms with Gasteiger partial charge < -0.3 is 9.47 Å². The zero-order valence-corrected chi connectivity index (χ0v) is 19.2. The summed E-state index contributed by atoms with van der Waals surface area (Å²) in [6.07, 6.45) is 3.96. The second-order valence-electron chi connectivity index (χ2n) is 6.82. The Morgan fingerprint density at radius 3 is 1.55 bits per heavy atom. The Kier molecular flexibility index (Phi) is 9.93. The van der Waals surface area contributed by atoms with Crippen LogP contribution < -0.4 is 0 Å². The lowest BCUT2D eigenvalue weighted by Gasteiger charge is -2.12. The molecule has 0 aromatic heterocycles. The standard InChI is InChI=1S/C22H28Cl2O4S/c1-3-5-11-27-15-17-13-19(7-9-21(17)23)29(25,26)20-8-10-22(24)18(14-20)16-28-12-6-4-2/h7-10,13-14H,3-6,11-12,15-16H2,1-2H3. The van der Waals surface area contributed by atoms with E-state index in [4.69, 9.17) is 32.7 Å². The molecule has 7 heteroatoms. The van der Waals surface area contributed by atoms with Crippen molar-refractivity contribution in [1.29, 1.82) is 0 Å². The molecule has 160 valence electrons. The summed E-state index contributed by atoms with van der Waals surface area (Å²) in [4.78, 5) is 0.354. The summed E-state index contributed by atoms with van der Waals surface area (Å²) in [5.74, 6) is 0. The van der Waals surface area contributed by atoms with Crippen molar-refractivity contribution in [3.8, 4) is 0 Å². The Morgan fingerprint density at radius 1 is 0.759 bits per heavy atom. The van der Waals surface area contributed by atoms with Crippen LogP contribution in [0.25, 0.3) is 0 Å². The van der Waals surface area contributed by atoms with Gasteiger partial charge in [0.2, 0.25) is 9.84 Å². The normalized spacial score (nSPS) is 11.7. The fourth-order valence-corrected chi connectivity index (χ4v) is 4.36. The number of halogens is 2. The molecule has 2 aromatic carbocycles. The van der Waals surface area contributed by atoms with Crippen LogP contribution in [0.4, 0.5) is 0 Å². The van der Waals surface area contributed by atoms with Gasteiger partial charge in [0.05, 0.1) is 23.0 Å². The van der Waals surface area contributed by atoms with E-state index in [1.54, 1.807) is 24.3 Å². The molecule has 0 atom stereocenters. The molecule has 0 amide bonds.